The van der Waals surface area contributed by atoms with Crippen LogP contribution < -0.4 is 19.5 Å². The zero-order valence-corrected chi connectivity index (χ0v) is 17.2. The molecule has 1 aliphatic heterocycles. The van der Waals surface area contributed by atoms with Gasteiger partial charge in [-0.15, -0.1) is 0 Å². The third-order valence-corrected chi connectivity index (χ3v) is 6.08. The summed E-state index contributed by atoms with van der Waals surface area (Å²) in [5.74, 6) is 1.71. The van der Waals surface area contributed by atoms with E-state index < -0.39 is 0 Å². The highest BCUT2D eigenvalue weighted by Gasteiger charge is 2.38. The minimum atomic E-state index is -0.190. The van der Waals surface area contributed by atoms with Gasteiger partial charge in [0.1, 0.15) is 0 Å². The van der Waals surface area contributed by atoms with E-state index in [4.69, 9.17) is 14.2 Å². The largest absolute Gasteiger partial charge is 0.493 e. The van der Waals surface area contributed by atoms with Gasteiger partial charge in [0.2, 0.25) is 5.75 Å². The molecule has 5 nitrogen and oxygen atoms in total. The fraction of sp³-hybridized carbons (Fsp3) is 0.240. The summed E-state index contributed by atoms with van der Waals surface area (Å²) < 4.78 is 16.7. The first-order valence-electron chi connectivity index (χ1n) is 10.0. The van der Waals surface area contributed by atoms with Crippen LogP contribution in [-0.4, -0.2) is 27.1 Å². The topological polar surface area (TPSA) is 56.8 Å². The Bertz CT molecular complexity index is 1190. The van der Waals surface area contributed by atoms with Gasteiger partial charge in [-0.1, -0.05) is 36.4 Å². The lowest BCUT2D eigenvalue weighted by molar-refractivity contribution is -0.115. The van der Waals surface area contributed by atoms with E-state index in [1.54, 1.807) is 21.3 Å². The van der Waals surface area contributed by atoms with Crippen molar-refractivity contribution in [3.63, 3.8) is 0 Å². The Morgan fingerprint density at radius 2 is 1.63 bits per heavy atom. The molecule has 3 aromatic carbocycles. The van der Waals surface area contributed by atoms with Crippen LogP contribution in [-0.2, 0) is 4.79 Å². The second kappa shape index (κ2) is 7.10. The van der Waals surface area contributed by atoms with Crippen molar-refractivity contribution in [1.82, 2.24) is 0 Å². The van der Waals surface area contributed by atoms with E-state index >= 15 is 0 Å². The van der Waals surface area contributed by atoms with Gasteiger partial charge in [-0.05, 0) is 35.1 Å². The average Bonchev–Trinajstić information content (AvgIpc) is 3.16. The van der Waals surface area contributed by atoms with Gasteiger partial charge in [-0.2, -0.15) is 0 Å². The maximum Gasteiger partial charge on any atom is 0.203 e. The van der Waals surface area contributed by atoms with Crippen molar-refractivity contribution >= 4 is 22.2 Å². The number of ketones is 1. The van der Waals surface area contributed by atoms with Crippen LogP contribution in [0, 0.1) is 0 Å². The molecule has 5 rings (SSSR count). The second-order valence-electron chi connectivity index (χ2n) is 7.58. The first-order valence-corrected chi connectivity index (χ1v) is 10.0. The Kier molecular flexibility index (Phi) is 4.39. The van der Waals surface area contributed by atoms with Crippen molar-refractivity contribution in [2.24, 2.45) is 0 Å². The van der Waals surface area contributed by atoms with Crippen LogP contribution in [0.3, 0.4) is 0 Å². The highest BCUT2D eigenvalue weighted by molar-refractivity contribution is 6.06. The van der Waals surface area contributed by atoms with Crippen LogP contribution in [0.4, 0.5) is 5.69 Å². The summed E-state index contributed by atoms with van der Waals surface area (Å²) in [6.07, 6.45) is 1.27. The summed E-state index contributed by atoms with van der Waals surface area (Å²) in [5, 5.41) is 5.90. The van der Waals surface area contributed by atoms with E-state index in [1.807, 2.05) is 24.3 Å². The first-order chi connectivity index (χ1) is 14.7. The number of fused-ring (bicyclic) bond motifs is 3. The Morgan fingerprint density at radius 1 is 0.900 bits per heavy atom. The Balaban J connectivity index is 1.79. The van der Waals surface area contributed by atoms with Gasteiger partial charge >= 0.3 is 0 Å². The Labute approximate surface area is 175 Å². The normalized spacial score (nSPS) is 17.4. The number of benzene rings is 3. The molecule has 0 radical (unpaired) electrons. The van der Waals surface area contributed by atoms with E-state index in [1.165, 1.54) is 5.39 Å². The van der Waals surface area contributed by atoms with Gasteiger partial charge in [0.25, 0.3) is 0 Å². The SMILES string of the molecule is COc1cc(C2C3=C(CCC3=O)Nc3c2ccc2ccccc32)cc(OC)c1OC. The molecule has 0 saturated heterocycles. The van der Waals surface area contributed by atoms with E-state index in [0.717, 1.165) is 39.9 Å². The molecular formula is C25H23NO4. The molecule has 0 spiro atoms. The highest BCUT2D eigenvalue weighted by Crippen LogP contribution is 2.50. The van der Waals surface area contributed by atoms with Crippen molar-refractivity contribution in [3.05, 3.63) is 70.9 Å². The molecule has 0 bridgehead atoms. The van der Waals surface area contributed by atoms with E-state index in [0.29, 0.717) is 23.7 Å². The van der Waals surface area contributed by atoms with Crippen LogP contribution in [0.5, 0.6) is 17.2 Å². The number of methoxy groups -OCH3 is 3. The van der Waals surface area contributed by atoms with Gasteiger partial charge in [-0.25, -0.2) is 0 Å². The zero-order valence-electron chi connectivity index (χ0n) is 17.2. The molecule has 1 heterocycles. The molecule has 30 heavy (non-hydrogen) atoms. The Hall–Kier alpha value is -3.47. The number of carbonyl (C=O) groups excluding carboxylic acids is 1. The van der Waals surface area contributed by atoms with Crippen molar-refractivity contribution in [2.45, 2.75) is 18.8 Å². The number of carbonyl (C=O) groups is 1. The molecule has 152 valence electrons. The number of allylic oxidation sites excluding steroid dienone is 2. The molecule has 5 heteroatoms. The van der Waals surface area contributed by atoms with Crippen LogP contribution in [0.25, 0.3) is 10.8 Å². The molecular weight excluding hydrogens is 378 g/mol. The average molecular weight is 401 g/mol. The lowest BCUT2D eigenvalue weighted by Gasteiger charge is -2.30. The fourth-order valence-electron chi connectivity index (χ4n) is 4.73. The van der Waals surface area contributed by atoms with E-state index in [2.05, 4.69) is 29.6 Å². The second-order valence-corrected chi connectivity index (χ2v) is 7.58. The predicted molar refractivity (Wildman–Crippen MR) is 117 cm³/mol. The number of rotatable bonds is 4. The maximum atomic E-state index is 12.9. The predicted octanol–water partition coefficient (Wildman–Crippen LogP) is 5.04. The summed E-state index contributed by atoms with van der Waals surface area (Å²) >= 11 is 0. The van der Waals surface area contributed by atoms with Gasteiger partial charge in [0.05, 0.1) is 27.0 Å². The molecule has 1 atom stereocenters. The summed E-state index contributed by atoms with van der Waals surface area (Å²) in [6, 6.07) is 16.4. The van der Waals surface area contributed by atoms with Crippen LogP contribution in [0.15, 0.2) is 59.8 Å². The molecule has 0 saturated carbocycles. The molecule has 1 aliphatic carbocycles. The van der Waals surface area contributed by atoms with Crippen molar-refractivity contribution < 1.29 is 19.0 Å². The van der Waals surface area contributed by atoms with Crippen molar-refractivity contribution in [1.29, 1.82) is 0 Å². The van der Waals surface area contributed by atoms with E-state index in [9.17, 15) is 4.79 Å². The van der Waals surface area contributed by atoms with Crippen LogP contribution in [0.1, 0.15) is 29.9 Å². The van der Waals surface area contributed by atoms with Gasteiger partial charge < -0.3 is 19.5 Å². The molecule has 2 aliphatic rings. The molecule has 0 fully saturated rings. The summed E-state index contributed by atoms with van der Waals surface area (Å²) in [6.45, 7) is 0. The molecule has 1 N–H and O–H groups in total. The van der Waals surface area contributed by atoms with E-state index in [-0.39, 0.29) is 11.7 Å². The van der Waals surface area contributed by atoms with Gasteiger partial charge in [-0.3, -0.25) is 4.79 Å². The minimum absolute atomic E-state index is 0.190. The van der Waals surface area contributed by atoms with Crippen molar-refractivity contribution in [3.8, 4) is 17.2 Å². The molecule has 1 unspecified atom stereocenters. The summed E-state index contributed by atoms with van der Waals surface area (Å²) in [4.78, 5) is 12.9. The standard InChI is InChI=1S/C25H23NO4/c1-28-20-12-15(13-21(29-2)25(20)30-3)22-17-9-8-14-6-4-5-7-16(14)24(17)26-18-10-11-19(27)23(18)22/h4-9,12-13,22,26H,10-11H2,1-3H3. The van der Waals surface area contributed by atoms with Crippen LogP contribution in [0.2, 0.25) is 0 Å². The monoisotopic (exact) mass is 401 g/mol. The number of hydrogen-bond donors (Lipinski definition) is 1. The Morgan fingerprint density at radius 3 is 2.33 bits per heavy atom. The lowest BCUT2D eigenvalue weighted by atomic mass is 9.79. The third kappa shape index (κ3) is 2.65. The molecule has 0 amide bonds. The van der Waals surface area contributed by atoms with Crippen molar-refractivity contribution in [2.75, 3.05) is 26.6 Å². The number of anilines is 1. The van der Waals surface area contributed by atoms with Gasteiger partial charge in [0, 0.05) is 29.0 Å². The zero-order chi connectivity index (χ0) is 20.8. The first kappa shape index (κ1) is 18.6. The quantitative estimate of drug-likeness (QED) is 0.664. The number of nitrogens with one attached hydrogen (secondary N) is 1. The number of ether oxygens (including phenoxy) is 3. The van der Waals surface area contributed by atoms with Crippen LogP contribution >= 0.6 is 0 Å². The lowest BCUT2D eigenvalue weighted by Crippen LogP contribution is -2.19. The minimum Gasteiger partial charge on any atom is -0.493 e. The maximum absolute atomic E-state index is 12.9. The molecule has 3 aromatic rings. The molecule has 0 aromatic heterocycles. The fourth-order valence-corrected chi connectivity index (χ4v) is 4.73. The van der Waals surface area contributed by atoms with Gasteiger partial charge in [0.15, 0.2) is 17.3 Å². The highest BCUT2D eigenvalue weighted by atomic mass is 16.5. The number of Topliss-reactive ketones (excluding diaryl/α,β-unsaturated/α-hetero) is 1. The summed E-state index contributed by atoms with van der Waals surface area (Å²) in [7, 11) is 4.81. The summed E-state index contributed by atoms with van der Waals surface area (Å²) in [5.41, 5.74) is 4.96. The smallest absolute Gasteiger partial charge is 0.203 e. The third-order valence-electron chi connectivity index (χ3n) is 6.08. The number of hydrogen-bond acceptors (Lipinski definition) is 5.